The number of nitrogens with zero attached hydrogens (tertiary/aromatic N) is 1. The standard InChI is InChI=1S/C17H15ClF2N2O/c18-13-3-1-4-14(19)12(13)10-21-11-6-7-16(15(20)9-11)22-8-2-5-17(22)23/h1,3-4,6-7,9,21H,2,5,8,10H2. The zero-order valence-electron chi connectivity index (χ0n) is 12.3. The van der Waals surface area contributed by atoms with E-state index >= 15 is 0 Å². The molecule has 1 saturated heterocycles. The Bertz CT molecular complexity index is 731. The van der Waals surface area contributed by atoms with Crippen molar-refractivity contribution in [3.8, 4) is 0 Å². The molecule has 0 saturated carbocycles. The second kappa shape index (κ2) is 6.54. The lowest BCUT2D eigenvalue weighted by molar-refractivity contribution is -0.117. The summed E-state index contributed by atoms with van der Waals surface area (Å²) in [4.78, 5) is 13.1. The minimum atomic E-state index is -0.482. The zero-order valence-corrected chi connectivity index (χ0v) is 13.0. The molecule has 6 heteroatoms. The number of nitrogens with one attached hydrogen (secondary N) is 1. The smallest absolute Gasteiger partial charge is 0.227 e. The van der Waals surface area contributed by atoms with Gasteiger partial charge in [0.05, 0.1) is 5.69 Å². The van der Waals surface area contributed by atoms with Crippen molar-refractivity contribution < 1.29 is 13.6 Å². The summed E-state index contributed by atoms with van der Waals surface area (Å²) < 4.78 is 27.9. The van der Waals surface area contributed by atoms with Crippen molar-refractivity contribution in [3.63, 3.8) is 0 Å². The fraction of sp³-hybridized carbons (Fsp3) is 0.235. The minimum Gasteiger partial charge on any atom is -0.381 e. The summed E-state index contributed by atoms with van der Waals surface area (Å²) in [5.74, 6) is -0.961. The van der Waals surface area contributed by atoms with E-state index in [1.54, 1.807) is 18.2 Å². The van der Waals surface area contributed by atoms with Crippen molar-refractivity contribution >= 4 is 28.9 Å². The highest BCUT2D eigenvalue weighted by atomic mass is 35.5. The van der Waals surface area contributed by atoms with Crippen LogP contribution in [-0.2, 0) is 11.3 Å². The van der Waals surface area contributed by atoms with E-state index in [2.05, 4.69) is 5.32 Å². The number of carbonyl (C=O) groups excluding carboxylic acids is 1. The van der Waals surface area contributed by atoms with Gasteiger partial charge in [-0.05, 0) is 36.8 Å². The monoisotopic (exact) mass is 336 g/mol. The van der Waals surface area contributed by atoms with Crippen LogP contribution in [0.1, 0.15) is 18.4 Å². The van der Waals surface area contributed by atoms with E-state index in [9.17, 15) is 13.6 Å². The van der Waals surface area contributed by atoms with Crippen molar-refractivity contribution in [2.75, 3.05) is 16.8 Å². The first-order chi connectivity index (χ1) is 11.1. The van der Waals surface area contributed by atoms with E-state index < -0.39 is 11.6 Å². The first kappa shape index (κ1) is 15.7. The Morgan fingerprint density at radius 1 is 1.17 bits per heavy atom. The van der Waals surface area contributed by atoms with Crippen LogP contribution in [0.5, 0.6) is 0 Å². The maximum atomic E-state index is 14.2. The summed E-state index contributed by atoms with van der Waals surface area (Å²) in [7, 11) is 0. The van der Waals surface area contributed by atoms with Gasteiger partial charge in [-0.2, -0.15) is 0 Å². The number of anilines is 2. The SMILES string of the molecule is O=C1CCCN1c1ccc(NCc2c(F)cccc2Cl)cc1F. The molecule has 1 N–H and O–H groups in total. The molecule has 23 heavy (non-hydrogen) atoms. The van der Waals surface area contributed by atoms with Crippen LogP contribution in [0.2, 0.25) is 5.02 Å². The normalized spacial score (nSPS) is 14.4. The Balaban J connectivity index is 1.75. The average molecular weight is 337 g/mol. The molecule has 0 unspecified atom stereocenters. The summed E-state index contributed by atoms with van der Waals surface area (Å²) >= 11 is 5.96. The van der Waals surface area contributed by atoms with Crippen molar-refractivity contribution in [1.29, 1.82) is 0 Å². The lowest BCUT2D eigenvalue weighted by Gasteiger charge is -2.17. The molecular weight excluding hydrogens is 322 g/mol. The Morgan fingerprint density at radius 3 is 2.65 bits per heavy atom. The fourth-order valence-corrected chi connectivity index (χ4v) is 2.86. The van der Waals surface area contributed by atoms with Crippen LogP contribution in [0.25, 0.3) is 0 Å². The number of halogens is 3. The van der Waals surface area contributed by atoms with Crippen molar-refractivity contribution in [1.82, 2.24) is 0 Å². The van der Waals surface area contributed by atoms with Gasteiger partial charge in [-0.25, -0.2) is 8.78 Å². The van der Waals surface area contributed by atoms with Crippen LogP contribution in [0.4, 0.5) is 20.2 Å². The van der Waals surface area contributed by atoms with Gasteiger partial charge in [0.25, 0.3) is 0 Å². The molecule has 2 aromatic carbocycles. The molecule has 0 bridgehead atoms. The highest BCUT2D eigenvalue weighted by Crippen LogP contribution is 2.27. The molecule has 3 nitrogen and oxygen atoms in total. The van der Waals surface area contributed by atoms with Crippen molar-refractivity contribution in [2.24, 2.45) is 0 Å². The van der Waals surface area contributed by atoms with Crippen LogP contribution in [-0.4, -0.2) is 12.5 Å². The van der Waals surface area contributed by atoms with Gasteiger partial charge < -0.3 is 10.2 Å². The van der Waals surface area contributed by atoms with Gasteiger partial charge in [-0.15, -0.1) is 0 Å². The summed E-state index contributed by atoms with van der Waals surface area (Å²) in [6.07, 6.45) is 1.19. The second-order valence-electron chi connectivity index (χ2n) is 5.37. The van der Waals surface area contributed by atoms with Crippen LogP contribution in [0.15, 0.2) is 36.4 Å². The quantitative estimate of drug-likeness (QED) is 0.899. The molecular formula is C17H15ClF2N2O. The first-order valence-corrected chi connectivity index (χ1v) is 7.71. The average Bonchev–Trinajstić information content (AvgIpc) is 2.93. The van der Waals surface area contributed by atoms with Crippen molar-refractivity contribution in [2.45, 2.75) is 19.4 Å². The minimum absolute atomic E-state index is 0.0669. The predicted octanol–water partition coefficient (Wildman–Crippen LogP) is 4.36. The topological polar surface area (TPSA) is 32.3 Å². The summed E-state index contributed by atoms with van der Waals surface area (Å²) in [6, 6.07) is 8.98. The molecule has 0 spiro atoms. The fourth-order valence-electron chi connectivity index (χ4n) is 2.63. The zero-order chi connectivity index (χ0) is 16.4. The molecule has 1 aliphatic rings. The Morgan fingerprint density at radius 2 is 2.00 bits per heavy atom. The molecule has 0 aliphatic carbocycles. The van der Waals surface area contributed by atoms with Gasteiger partial charge in [0.1, 0.15) is 11.6 Å². The van der Waals surface area contributed by atoms with Crippen LogP contribution in [0, 0.1) is 11.6 Å². The summed E-state index contributed by atoms with van der Waals surface area (Å²) in [5, 5.41) is 3.26. The molecule has 120 valence electrons. The Labute approximate surface area is 137 Å². The molecule has 0 radical (unpaired) electrons. The largest absolute Gasteiger partial charge is 0.381 e. The van der Waals surface area contributed by atoms with Gasteiger partial charge >= 0.3 is 0 Å². The number of amides is 1. The third kappa shape index (κ3) is 3.29. The molecule has 1 amide bonds. The lowest BCUT2D eigenvalue weighted by atomic mass is 10.2. The Hall–Kier alpha value is -2.14. The molecule has 2 aromatic rings. The van der Waals surface area contributed by atoms with E-state index in [1.807, 2.05) is 0 Å². The van der Waals surface area contributed by atoms with Gasteiger partial charge in [0, 0.05) is 35.8 Å². The number of benzene rings is 2. The number of carbonyl (C=O) groups is 1. The first-order valence-electron chi connectivity index (χ1n) is 7.33. The number of hydrogen-bond donors (Lipinski definition) is 1. The van der Waals surface area contributed by atoms with Gasteiger partial charge in [0.2, 0.25) is 5.91 Å². The maximum absolute atomic E-state index is 14.2. The van der Waals surface area contributed by atoms with Gasteiger partial charge in [-0.3, -0.25) is 4.79 Å². The molecule has 0 aromatic heterocycles. The van der Waals surface area contributed by atoms with E-state index in [1.165, 1.54) is 23.1 Å². The van der Waals surface area contributed by atoms with E-state index in [0.29, 0.717) is 29.2 Å². The highest BCUT2D eigenvalue weighted by Gasteiger charge is 2.24. The lowest BCUT2D eigenvalue weighted by Crippen LogP contribution is -2.24. The maximum Gasteiger partial charge on any atom is 0.227 e. The van der Waals surface area contributed by atoms with Crippen LogP contribution in [0.3, 0.4) is 0 Å². The van der Waals surface area contributed by atoms with E-state index in [-0.39, 0.29) is 18.1 Å². The highest BCUT2D eigenvalue weighted by molar-refractivity contribution is 6.31. The summed E-state index contributed by atoms with van der Waals surface area (Å²) in [6.45, 7) is 0.681. The second-order valence-corrected chi connectivity index (χ2v) is 5.78. The molecule has 1 fully saturated rings. The third-order valence-electron chi connectivity index (χ3n) is 3.84. The predicted molar refractivity (Wildman–Crippen MR) is 86.7 cm³/mol. The van der Waals surface area contributed by atoms with Gasteiger partial charge in [-0.1, -0.05) is 17.7 Å². The van der Waals surface area contributed by atoms with Crippen LogP contribution >= 0.6 is 11.6 Å². The van der Waals surface area contributed by atoms with E-state index in [4.69, 9.17) is 11.6 Å². The number of hydrogen-bond acceptors (Lipinski definition) is 2. The summed E-state index contributed by atoms with van der Waals surface area (Å²) in [5.41, 5.74) is 1.10. The van der Waals surface area contributed by atoms with E-state index in [0.717, 1.165) is 6.42 Å². The molecule has 0 atom stereocenters. The van der Waals surface area contributed by atoms with Crippen LogP contribution < -0.4 is 10.2 Å². The van der Waals surface area contributed by atoms with Gasteiger partial charge in [0.15, 0.2) is 0 Å². The number of rotatable bonds is 4. The van der Waals surface area contributed by atoms with Crippen molar-refractivity contribution in [3.05, 3.63) is 58.6 Å². The third-order valence-corrected chi connectivity index (χ3v) is 4.20. The molecule has 3 rings (SSSR count). The Kier molecular flexibility index (Phi) is 4.48. The molecule has 1 heterocycles. The molecule has 1 aliphatic heterocycles.